The van der Waals surface area contributed by atoms with Crippen molar-refractivity contribution in [3.63, 3.8) is 0 Å². The van der Waals surface area contributed by atoms with Gasteiger partial charge in [-0.05, 0) is 6.07 Å². The molecule has 0 N–H and O–H groups in total. The predicted octanol–water partition coefficient (Wildman–Crippen LogP) is 2.09. The van der Waals surface area contributed by atoms with Gasteiger partial charge in [0, 0.05) is 18.0 Å². The number of hydrogen-bond donors (Lipinski definition) is 0. The summed E-state index contributed by atoms with van der Waals surface area (Å²) < 4.78 is 1.37. The van der Waals surface area contributed by atoms with Gasteiger partial charge < -0.3 is 0 Å². The zero-order valence-corrected chi connectivity index (χ0v) is 6.84. The highest BCUT2D eigenvalue weighted by molar-refractivity contribution is 6.35. The molecule has 3 nitrogen and oxygen atoms in total. The number of fused-ring (bicyclic) bond motifs is 1. The highest BCUT2D eigenvalue weighted by Crippen LogP contribution is 2.20. The summed E-state index contributed by atoms with van der Waals surface area (Å²) in [5.74, 6) is 0. The first-order valence-electron chi connectivity index (χ1n) is 2.93. The van der Waals surface area contributed by atoms with E-state index < -0.39 is 0 Å². The van der Waals surface area contributed by atoms with Gasteiger partial charge in [0.05, 0.1) is 5.52 Å². The van der Waals surface area contributed by atoms with Crippen molar-refractivity contribution >= 4 is 34.4 Å². The average Bonchev–Trinajstić information content (AvgIpc) is 2.34. The summed E-state index contributed by atoms with van der Waals surface area (Å²) >= 11 is 11.5. The smallest absolute Gasteiger partial charge is 0.158 e. The van der Waals surface area contributed by atoms with Crippen LogP contribution in [0.5, 0.6) is 0 Å². The van der Waals surface area contributed by atoms with Crippen LogP contribution >= 0.6 is 23.4 Å². The summed E-state index contributed by atoms with van der Waals surface area (Å²) in [5.41, 5.74) is 1.40. The van der Waals surface area contributed by atoms with Crippen molar-refractivity contribution in [1.29, 1.82) is 0 Å². The zero-order valence-electron chi connectivity index (χ0n) is 5.33. The van der Waals surface area contributed by atoms with Crippen LogP contribution in [0.2, 0.25) is 5.15 Å². The third-order valence-corrected chi connectivity index (χ3v) is 1.94. The molecular formula is C6H3Cl2N3. The van der Waals surface area contributed by atoms with E-state index in [-0.39, 0.29) is 0 Å². The molecule has 0 aromatic carbocycles. The lowest BCUT2D eigenvalue weighted by atomic mass is 10.5. The van der Waals surface area contributed by atoms with Crippen LogP contribution < -0.4 is 0 Å². The SMILES string of the molecule is Clc1ncnc2ccn(Cl)c12. The van der Waals surface area contributed by atoms with Crippen LogP contribution in [0.4, 0.5) is 0 Å². The summed E-state index contributed by atoms with van der Waals surface area (Å²) in [6.45, 7) is 0. The van der Waals surface area contributed by atoms with Crippen molar-refractivity contribution in [3.05, 3.63) is 23.7 Å². The molecule has 0 aliphatic carbocycles. The maximum absolute atomic E-state index is 5.75. The Labute approximate surface area is 72.7 Å². The molecular weight excluding hydrogens is 185 g/mol. The molecule has 0 aliphatic rings. The van der Waals surface area contributed by atoms with E-state index in [1.54, 1.807) is 12.3 Å². The van der Waals surface area contributed by atoms with E-state index in [1.165, 1.54) is 10.4 Å². The van der Waals surface area contributed by atoms with E-state index >= 15 is 0 Å². The number of hydrogen-bond acceptors (Lipinski definition) is 2. The fraction of sp³-hybridized carbons (Fsp3) is 0. The van der Waals surface area contributed by atoms with Gasteiger partial charge in [0.25, 0.3) is 0 Å². The van der Waals surface area contributed by atoms with Crippen molar-refractivity contribution < 1.29 is 0 Å². The molecule has 11 heavy (non-hydrogen) atoms. The minimum atomic E-state index is 0.370. The van der Waals surface area contributed by atoms with Gasteiger partial charge in [-0.1, -0.05) is 11.6 Å². The van der Waals surface area contributed by atoms with E-state index in [2.05, 4.69) is 9.97 Å². The number of halogens is 2. The molecule has 0 atom stereocenters. The minimum Gasteiger partial charge on any atom is -0.256 e. The number of aromatic nitrogens is 3. The molecule has 0 saturated carbocycles. The van der Waals surface area contributed by atoms with E-state index in [0.717, 1.165) is 5.52 Å². The summed E-state index contributed by atoms with van der Waals surface area (Å²) in [6.07, 6.45) is 3.08. The third kappa shape index (κ3) is 0.968. The van der Waals surface area contributed by atoms with Crippen LogP contribution in [0.3, 0.4) is 0 Å². The Hall–Kier alpha value is -0.800. The van der Waals surface area contributed by atoms with Crippen molar-refractivity contribution in [2.45, 2.75) is 0 Å². The molecule has 0 saturated heterocycles. The van der Waals surface area contributed by atoms with Crippen molar-refractivity contribution in [2.75, 3.05) is 0 Å². The predicted molar refractivity (Wildman–Crippen MR) is 43.8 cm³/mol. The van der Waals surface area contributed by atoms with Crippen LogP contribution in [0.25, 0.3) is 11.0 Å². The van der Waals surface area contributed by atoms with E-state index in [9.17, 15) is 0 Å². The highest BCUT2D eigenvalue weighted by Gasteiger charge is 2.04. The Morgan fingerprint density at radius 1 is 1.36 bits per heavy atom. The normalized spacial score (nSPS) is 10.7. The van der Waals surface area contributed by atoms with Gasteiger partial charge in [-0.25, -0.2) is 9.97 Å². The monoisotopic (exact) mass is 187 g/mol. The molecule has 2 heterocycles. The van der Waals surface area contributed by atoms with Crippen LogP contribution in [-0.4, -0.2) is 14.1 Å². The van der Waals surface area contributed by atoms with Crippen LogP contribution in [-0.2, 0) is 0 Å². The fourth-order valence-electron chi connectivity index (χ4n) is 0.900. The Bertz CT molecular complexity index is 396. The number of nitrogens with zero attached hydrogens (tertiary/aromatic N) is 3. The molecule has 0 amide bonds. The van der Waals surface area contributed by atoms with Crippen molar-refractivity contribution in [2.24, 2.45) is 0 Å². The quantitative estimate of drug-likeness (QED) is 0.592. The van der Waals surface area contributed by atoms with Gasteiger partial charge in [-0.2, -0.15) is 0 Å². The lowest BCUT2D eigenvalue weighted by Gasteiger charge is -1.93. The Morgan fingerprint density at radius 3 is 2.91 bits per heavy atom. The molecule has 56 valence electrons. The summed E-state index contributed by atoms with van der Waals surface area (Å²) in [4.78, 5) is 7.75. The molecule has 0 aliphatic heterocycles. The van der Waals surface area contributed by atoms with Gasteiger partial charge in [0.2, 0.25) is 0 Å². The molecule has 0 spiro atoms. The maximum Gasteiger partial charge on any atom is 0.158 e. The molecule has 2 rings (SSSR count). The Kier molecular flexibility index (Phi) is 1.47. The second kappa shape index (κ2) is 2.36. The van der Waals surface area contributed by atoms with Gasteiger partial charge in [-0.3, -0.25) is 4.09 Å². The van der Waals surface area contributed by atoms with Crippen LogP contribution in [0.15, 0.2) is 18.6 Å². The van der Waals surface area contributed by atoms with Crippen molar-refractivity contribution in [1.82, 2.24) is 14.1 Å². The summed E-state index contributed by atoms with van der Waals surface area (Å²) in [7, 11) is 0. The maximum atomic E-state index is 5.75. The largest absolute Gasteiger partial charge is 0.256 e. The van der Waals surface area contributed by atoms with E-state index in [1.807, 2.05) is 0 Å². The first kappa shape index (κ1) is 6.88. The Morgan fingerprint density at radius 2 is 2.18 bits per heavy atom. The third-order valence-electron chi connectivity index (χ3n) is 1.38. The molecule has 0 unspecified atom stereocenters. The van der Waals surface area contributed by atoms with Crippen LogP contribution in [0, 0.1) is 0 Å². The first-order valence-corrected chi connectivity index (χ1v) is 3.64. The van der Waals surface area contributed by atoms with Gasteiger partial charge in [-0.15, -0.1) is 0 Å². The molecule has 0 fully saturated rings. The molecule has 2 aromatic heterocycles. The molecule has 5 heteroatoms. The zero-order chi connectivity index (χ0) is 7.84. The lowest BCUT2D eigenvalue weighted by molar-refractivity contribution is 1.20. The summed E-state index contributed by atoms with van der Waals surface area (Å²) in [5, 5.41) is 0.370. The topological polar surface area (TPSA) is 30.7 Å². The number of rotatable bonds is 0. The lowest BCUT2D eigenvalue weighted by Crippen LogP contribution is -1.83. The van der Waals surface area contributed by atoms with Crippen molar-refractivity contribution in [3.8, 4) is 0 Å². The van der Waals surface area contributed by atoms with Crippen LogP contribution in [0.1, 0.15) is 0 Å². The van der Waals surface area contributed by atoms with Gasteiger partial charge >= 0.3 is 0 Å². The standard InChI is InChI=1S/C6H3Cl2N3/c7-6-5-4(9-3-10-6)1-2-11(5)8/h1-3H. The molecule has 0 radical (unpaired) electrons. The fourth-order valence-corrected chi connectivity index (χ4v) is 1.40. The minimum absolute atomic E-state index is 0.370. The first-order chi connectivity index (χ1) is 5.29. The molecule has 0 bridgehead atoms. The summed E-state index contributed by atoms with van der Waals surface area (Å²) in [6, 6.07) is 1.77. The highest BCUT2D eigenvalue weighted by atomic mass is 35.5. The second-order valence-electron chi connectivity index (χ2n) is 2.03. The van der Waals surface area contributed by atoms with Gasteiger partial charge in [0.1, 0.15) is 11.8 Å². The average molecular weight is 188 g/mol. The van der Waals surface area contributed by atoms with E-state index in [0.29, 0.717) is 10.7 Å². The molecule has 2 aromatic rings. The second-order valence-corrected chi connectivity index (χ2v) is 2.75. The van der Waals surface area contributed by atoms with Gasteiger partial charge in [0.15, 0.2) is 5.15 Å². The van der Waals surface area contributed by atoms with E-state index in [4.69, 9.17) is 23.4 Å². The Balaban J connectivity index is 2.96.